The standard InChI is InChI=1S/C32H46N2O3/c1-5-34(6-2)21-22-7-14-29(30(19-22)36-4)37-18-15-24-9-12-27-28-11-8-23-20-25(35)10-13-26(23)32(28,33)17-16-31(24,27)3/h7,10,13-14,19-20,24,27-28,35H,5-6,8-9,11-12,15-18,21,33H2,1-4H3/t24-,27+,28+,31-,32+/m1/s1. The molecule has 0 amide bonds. The zero-order valence-corrected chi connectivity index (χ0v) is 23.3. The maximum Gasteiger partial charge on any atom is 0.161 e. The summed E-state index contributed by atoms with van der Waals surface area (Å²) >= 11 is 0. The van der Waals surface area contributed by atoms with E-state index in [9.17, 15) is 5.11 Å². The van der Waals surface area contributed by atoms with Gasteiger partial charge in [0.05, 0.1) is 13.7 Å². The second-order valence-corrected chi connectivity index (χ2v) is 12.0. The van der Waals surface area contributed by atoms with Crippen molar-refractivity contribution in [2.45, 2.75) is 77.8 Å². The number of phenols is 1. The van der Waals surface area contributed by atoms with Gasteiger partial charge in [-0.2, -0.15) is 0 Å². The lowest BCUT2D eigenvalue weighted by Crippen LogP contribution is -2.57. The minimum absolute atomic E-state index is 0.253. The number of rotatable bonds is 9. The van der Waals surface area contributed by atoms with Crippen molar-refractivity contribution in [2.24, 2.45) is 28.9 Å². The molecule has 5 nitrogen and oxygen atoms in total. The summed E-state index contributed by atoms with van der Waals surface area (Å²) in [6, 6.07) is 12.2. The number of hydrogen-bond acceptors (Lipinski definition) is 5. The van der Waals surface area contributed by atoms with Gasteiger partial charge in [0.2, 0.25) is 0 Å². The number of hydrogen-bond donors (Lipinski definition) is 2. The molecule has 2 aromatic carbocycles. The molecule has 2 aromatic rings. The molecule has 5 heteroatoms. The van der Waals surface area contributed by atoms with Crippen molar-refractivity contribution >= 4 is 0 Å². The van der Waals surface area contributed by atoms with Crippen LogP contribution in [0.1, 0.15) is 76.0 Å². The van der Waals surface area contributed by atoms with E-state index in [1.165, 1.54) is 36.0 Å². The van der Waals surface area contributed by atoms with Gasteiger partial charge in [-0.3, -0.25) is 4.90 Å². The van der Waals surface area contributed by atoms with Gasteiger partial charge < -0.3 is 20.3 Å². The molecule has 37 heavy (non-hydrogen) atoms. The molecule has 0 heterocycles. The number of aromatic hydroxyl groups is 1. The molecule has 0 saturated heterocycles. The largest absolute Gasteiger partial charge is 0.508 e. The lowest BCUT2D eigenvalue weighted by atomic mass is 9.51. The molecular formula is C32H46N2O3. The Hall–Kier alpha value is -2.24. The number of nitrogens with zero attached hydrogens (tertiary/aromatic N) is 1. The average Bonchev–Trinajstić information content (AvgIpc) is 3.23. The van der Waals surface area contributed by atoms with Crippen LogP contribution in [0.25, 0.3) is 0 Å². The average molecular weight is 507 g/mol. The summed E-state index contributed by atoms with van der Waals surface area (Å²) in [6.07, 6.45) is 7.96. The molecule has 0 bridgehead atoms. The Labute approximate surface area is 223 Å². The molecule has 0 unspecified atom stereocenters. The number of ether oxygens (including phenoxy) is 2. The second kappa shape index (κ2) is 10.5. The lowest BCUT2D eigenvalue weighted by molar-refractivity contribution is -0.0186. The highest BCUT2D eigenvalue weighted by atomic mass is 16.5. The van der Waals surface area contributed by atoms with Crippen LogP contribution >= 0.6 is 0 Å². The van der Waals surface area contributed by atoms with Gasteiger partial charge >= 0.3 is 0 Å². The van der Waals surface area contributed by atoms with E-state index in [4.69, 9.17) is 15.2 Å². The topological polar surface area (TPSA) is 68.0 Å². The fraction of sp³-hybridized carbons (Fsp3) is 0.625. The third kappa shape index (κ3) is 4.74. The Morgan fingerprint density at radius 2 is 1.81 bits per heavy atom. The van der Waals surface area contributed by atoms with E-state index in [2.05, 4.69) is 49.9 Å². The Balaban J connectivity index is 1.23. The summed E-state index contributed by atoms with van der Waals surface area (Å²) in [5.74, 6) is 3.88. The van der Waals surface area contributed by atoms with Crippen LogP contribution in [0.5, 0.6) is 17.2 Å². The zero-order valence-electron chi connectivity index (χ0n) is 23.3. The summed E-state index contributed by atoms with van der Waals surface area (Å²) in [7, 11) is 1.73. The molecule has 0 radical (unpaired) electrons. The Kier molecular flexibility index (Phi) is 7.48. The van der Waals surface area contributed by atoms with Crippen molar-refractivity contribution in [3.05, 3.63) is 53.1 Å². The number of phenolic OH excluding ortho intramolecular Hbond substituents is 1. The maximum atomic E-state index is 10.00. The van der Waals surface area contributed by atoms with Crippen molar-refractivity contribution < 1.29 is 14.6 Å². The van der Waals surface area contributed by atoms with Crippen LogP contribution in [0.3, 0.4) is 0 Å². The first-order chi connectivity index (χ1) is 17.8. The van der Waals surface area contributed by atoms with Gasteiger partial charge in [-0.25, -0.2) is 0 Å². The van der Waals surface area contributed by atoms with Crippen LogP contribution in [0.4, 0.5) is 0 Å². The highest BCUT2D eigenvalue weighted by molar-refractivity contribution is 5.44. The monoisotopic (exact) mass is 506 g/mol. The van der Waals surface area contributed by atoms with Crippen LogP contribution in [0.15, 0.2) is 36.4 Å². The first-order valence-corrected chi connectivity index (χ1v) is 14.5. The van der Waals surface area contributed by atoms with Crippen LogP contribution in [0, 0.1) is 23.2 Å². The van der Waals surface area contributed by atoms with E-state index in [1.54, 1.807) is 7.11 Å². The third-order valence-corrected chi connectivity index (χ3v) is 10.4. The van der Waals surface area contributed by atoms with Gasteiger partial charge in [0.25, 0.3) is 0 Å². The van der Waals surface area contributed by atoms with Crippen molar-refractivity contribution in [1.29, 1.82) is 0 Å². The van der Waals surface area contributed by atoms with E-state index >= 15 is 0 Å². The van der Waals surface area contributed by atoms with Crippen molar-refractivity contribution in [1.82, 2.24) is 4.90 Å². The number of fused-ring (bicyclic) bond motifs is 5. The molecule has 2 fully saturated rings. The Morgan fingerprint density at radius 1 is 1.00 bits per heavy atom. The SMILES string of the molecule is CCN(CC)Cc1ccc(OCC[C@H]2CC[C@H]3[C@@H]4CCc5cc(O)ccc5[C@@]4(N)CC[C@]23C)c(OC)c1. The molecule has 0 aliphatic heterocycles. The summed E-state index contributed by atoms with van der Waals surface area (Å²) < 4.78 is 12.0. The van der Waals surface area contributed by atoms with Crippen molar-refractivity contribution in [3.8, 4) is 17.2 Å². The van der Waals surface area contributed by atoms with Gasteiger partial charge in [-0.1, -0.05) is 32.9 Å². The minimum atomic E-state index is -0.253. The van der Waals surface area contributed by atoms with Crippen LogP contribution < -0.4 is 15.2 Å². The lowest BCUT2D eigenvalue weighted by Gasteiger charge is -2.56. The molecule has 3 aliphatic carbocycles. The molecule has 5 atom stereocenters. The third-order valence-electron chi connectivity index (χ3n) is 10.4. The number of benzene rings is 2. The second-order valence-electron chi connectivity index (χ2n) is 12.0. The summed E-state index contributed by atoms with van der Waals surface area (Å²) in [5, 5.41) is 10.00. The maximum absolute atomic E-state index is 10.00. The number of aryl methyl sites for hydroxylation is 1. The zero-order chi connectivity index (χ0) is 26.2. The predicted octanol–water partition coefficient (Wildman–Crippen LogP) is 6.25. The quantitative estimate of drug-likeness (QED) is 0.420. The molecule has 3 aliphatic rings. The van der Waals surface area contributed by atoms with Crippen LogP contribution in [0.2, 0.25) is 0 Å². The van der Waals surface area contributed by atoms with Gasteiger partial charge in [0.15, 0.2) is 11.5 Å². The molecule has 0 aromatic heterocycles. The molecule has 0 spiro atoms. The van der Waals surface area contributed by atoms with E-state index in [0.717, 1.165) is 63.4 Å². The molecule has 2 saturated carbocycles. The predicted molar refractivity (Wildman–Crippen MR) is 149 cm³/mol. The molecule has 3 N–H and O–H groups in total. The Bertz CT molecular complexity index is 1100. The van der Waals surface area contributed by atoms with E-state index in [1.807, 2.05) is 12.1 Å². The van der Waals surface area contributed by atoms with Gasteiger partial charge in [-0.05, 0) is 122 Å². The van der Waals surface area contributed by atoms with Crippen molar-refractivity contribution in [2.75, 3.05) is 26.8 Å². The fourth-order valence-corrected chi connectivity index (χ4v) is 8.18. The van der Waals surface area contributed by atoms with Gasteiger partial charge in [-0.15, -0.1) is 0 Å². The number of methoxy groups -OCH3 is 1. The fourth-order valence-electron chi connectivity index (χ4n) is 8.18. The molecule has 202 valence electrons. The summed E-state index contributed by atoms with van der Waals surface area (Å²) in [5.41, 5.74) is 11.1. The summed E-state index contributed by atoms with van der Waals surface area (Å²) in [6.45, 7) is 10.7. The summed E-state index contributed by atoms with van der Waals surface area (Å²) in [4.78, 5) is 2.40. The van der Waals surface area contributed by atoms with Crippen LogP contribution in [-0.4, -0.2) is 36.8 Å². The molecular weight excluding hydrogens is 460 g/mol. The van der Waals surface area contributed by atoms with Crippen molar-refractivity contribution in [3.63, 3.8) is 0 Å². The number of nitrogens with two attached hydrogens (primary N) is 1. The first-order valence-electron chi connectivity index (χ1n) is 14.5. The van der Waals surface area contributed by atoms with Gasteiger partial charge in [0.1, 0.15) is 5.75 Å². The normalized spacial score (nSPS) is 30.5. The highest BCUT2D eigenvalue weighted by Gasteiger charge is 2.58. The highest BCUT2D eigenvalue weighted by Crippen LogP contribution is 2.64. The first kappa shape index (κ1) is 26.4. The smallest absolute Gasteiger partial charge is 0.161 e. The Morgan fingerprint density at radius 3 is 2.57 bits per heavy atom. The van der Waals surface area contributed by atoms with E-state index < -0.39 is 0 Å². The van der Waals surface area contributed by atoms with E-state index in [-0.39, 0.29) is 5.54 Å². The minimum Gasteiger partial charge on any atom is -0.508 e. The van der Waals surface area contributed by atoms with E-state index in [0.29, 0.717) is 28.9 Å². The molecule has 5 rings (SSSR count). The van der Waals surface area contributed by atoms with Gasteiger partial charge in [0, 0.05) is 12.1 Å². The van der Waals surface area contributed by atoms with Crippen LogP contribution in [-0.2, 0) is 18.5 Å².